The van der Waals surface area contributed by atoms with E-state index in [2.05, 4.69) is 0 Å². The van der Waals surface area contributed by atoms with E-state index in [0.29, 0.717) is 0 Å². The number of aliphatic hydroxyl groups excluding tert-OH is 1. The zero-order chi connectivity index (χ0) is 8.27. The van der Waals surface area contributed by atoms with Crippen molar-refractivity contribution >= 4 is 5.82 Å². The average Bonchev–Trinajstić information content (AvgIpc) is 2.36. The third-order valence-corrected chi connectivity index (χ3v) is 1.33. The van der Waals surface area contributed by atoms with Gasteiger partial charge >= 0.3 is 5.82 Å². The van der Waals surface area contributed by atoms with Gasteiger partial charge in [0.2, 0.25) is 0 Å². The highest BCUT2D eigenvalue weighted by atomic mass is 16.6. The first-order valence-electron chi connectivity index (χ1n) is 3.16. The number of aliphatic hydroxyl groups is 1. The fourth-order valence-electron chi connectivity index (χ4n) is 0.868. The van der Waals surface area contributed by atoms with Crippen molar-refractivity contribution < 1.29 is 10.0 Å². The largest absolute Gasteiger partial charge is 0.392 e. The molecule has 0 aliphatic carbocycles. The number of hydrogen-bond acceptors (Lipinski definition) is 3. The summed E-state index contributed by atoms with van der Waals surface area (Å²) in [6, 6.07) is 2.98. The summed E-state index contributed by atoms with van der Waals surface area (Å²) in [5, 5.41) is 18.8. The Morgan fingerprint density at radius 3 is 3.00 bits per heavy atom. The van der Waals surface area contributed by atoms with E-state index in [1.54, 1.807) is 12.3 Å². The molecule has 0 aliphatic heterocycles. The highest BCUT2D eigenvalue weighted by Crippen LogP contribution is 2.10. The van der Waals surface area contributed by atoms with Gasteiger partial charge in [-0.2, -0.15) is 0 Å². The fraction of sp³-hybridized carbons (Fsp3) is 0.333. The van der Waals surface area contributed by atoms with Crippen molar-refractivity contribution in [3.05, 3.63) is 28.4 Å². The number of hydrogen-bond donors (Lipinski definition) is 1. The Morgan fingerprint density at radius 1 is 1.73 bits per heavy atom. The molecule has 0 saturated carbocycles. The summed E-state index contributed by atoms with van der Waals surface area (Å²) >= 11 is 0. The molecule has 0 fully saturated rings. The van der Waals surface area contributed by atoms with Crippen molar-refractivity contribution in [2.45, 2.75) is 6.54 Å². The van der Waals surface area contributed by atoms with Crippen LogP contribution in [0.3, 0.4) is 0 Å². The summed E-state index contributed by atoms with van der Waals surface area (Å²) < 4.78 is 1.39. The van der Waals surface area contributed by atoms with Crippen LogP contribution in [-0.4, -0.2) is 21.2 Å². The number of nitrogens with zero attached hydrogens (tertiary/aromatic N) is 2. The van der Waals surface area contributed by atoms with E-state index < -0.39 is 4.92 Å². The van der Waals surface area contributed by atoms with Gasteiger partial charge in [0.1, 0.15) is 6.54 Å². The molecule has 0 atom stereocenters. The molecule has 0 radical (unpaired) electrons. The molecule has 0 saturated heterocycles. The van der Waals surface area contributed by atoms with E-state index in [0.717, 1.165) is 0 Å². The third kappa shape index (κ3) is 1.56. The maximum atomic E-state index is 10.3. The van der Waals surface area contributed by atoms with Crippen LogP contribution >= 0.6 is 0 Å². The van der Waals surface area contributed by atoms with Crippen molar-refractivity contribution in [2.75, 3.05) is 6.61 Å². The highest BCUT2D eigenvalue weighted by Gasteiger charge is 2.09. The van der Waals surface area contributed by atoms with Gasteiger partial charge in [0.05, 0.1) is 12.8 Å². The molecule has 0 aromatic carbocycles. The van der Waals surface area contributed by atoms with Gasteiger partial charge < -0.3 is 15.2 Å². The molecule has 1 aromatic rings. The first-order valence-corrected chi connectivity index (χ1v) is 3.16. The molecular weight excluding hydrogens is 148 g/mol. The van der Waals surface area contributed by atoms with Crippen LogP contribution in [0.4, 0.5) is 5.82 Å². The predicted octanol–water partition coefficient (Wildman–Crippen LogP) is 0.389. The first kappa shape index (κ1) is 7.74. The lowest BCUT2D eigenvalue weighted by atomic mass is 10.6. The second-order valence-electron chi connectivity index (χ2n) is 2.04. The Kier molecular flexibility index (Phi) is 2.22. The quantitative estimate of drug-likeness (QED) is 0.508. The summed E-state index contributed by atoms with van der Waals surface area (Å²) in [4.78, 5) is 9.78. The maximum absolute atomic E-state index is 10.3. The number of aromatic nitrogens is 1. The Balaban J connectivity index is 2.87. The molecule has 1 rings (SSSR count). The van der Waals surface area contributed by atoms with Crippen molar-refractivity contribution in [1.29, 1.82) is 0 Å². The van der Waals surface area contributed by atoms with E-state index in [9.17, 15) is 10.1 Å². The van der Waals surface area contributed by atoms with Crippen LogP contribution < -0.4 is 0 Å². The molecule has 5 nitrogen and oxygen atoms in total. The molecule has 0 bridgehead atoms. The van der Waals surface area contributed by atoms with Crippen LogP contribution in [0.25, 0.3) is 0 Å². The van der Waals surface area contributed by atoms with Crippen molar-refractivity contribution in [3.63, 3.8) is 0 Å². The van der Waals surface area contributed by atoms with Gasteiger partial charge in [0.25, 0.3) is 0 Å². The monoisotopic (exact) mass is 156 g/mol. The second kappa shape index (κ2) is 3.16. The molecule has 0 unspecified atom stereocenters. The Bertz CT molecular complexity index is 256. The molecule has 5 heteroatoms. The Morgan fingerprint density at radius 2 is 2.45 bits per heavy atom. The van der Waals surface area contributed by atoms with Gasteiger partial charge in [-0.15, -0.1) is 0 Å². The maximum Gasteiger partial charge on any atom is 0.323 e. The van der Waals surface area contributed by atoms with Crippen LogP contribution in [0.2, 0.25) is 0 Å². The van der Waals surface area contributed by atoms with E-state index in [4.69, 9.17) is 5.11 Å². The standard InChI is InChI=1S/C6H8N2O3/c9-5-4-7-3-1-2-6(7)8(10)11/h1-3,9H,4-5H2. The van der Waals surface area contributed by atoms with Crippen molar-refractivity contribution in [2.24, 2.45) is 0 Å². The summed E-state index contributed by atoms with van der Waals surface area (Å²) in [6.45, 7) is 0.179. The average molecular weight is 156 g/mol. The lowest BCUT2D eigenvalue weighted by molar-refractivity contribution is -0.392. The smallest absolute Gasteiger partial charge is 0.323 e. The molecule has 1 heterocycles. The van der Waals surface area contributed by atoms with Crippen LogP contribution in [0.15, 0.2) is 18.3 Å². The van der Waals surface area contributed by atoms with Gasteiger partial charge in [-0.1, -0.05) is 0 Å². The summed E-state index contributed by atoms with van der Waals surface area (Å²) in [6.07, 6.45) is 1.56. The van der Waals surface area contributed by atoms with Crippen molar-refractivity contribution in [1.82, 2.24) is 4.57 Å². The van der Waals surface area contributed by atoms with E-state index in [1.807, 2.05) is 0 Å². The van der Waals surface area contributed by atoms with E-state index in [1.165, 1.54) is 10.6 Å². The van der Waals surface area contributed by atoms with Gasteiger partial charge in [-0.3, -0.25) is 0 Å². The Labute approximate surface area is 63.0 Å². The summed E-state index contributed by atoms with van der Waals surface area (Å²) in [5.74, 6) is 0.0130. The molecule has 0 aliphatic rings. The molecular formula is C6H8N2O3. The lowest BCUT2D eigenvalue weighted by Crippen LogP contribution is -2.04. The SMILES string of the molecule is O=[N+]([O-])c1cccn1CCO. The first-order chi connectivity index (χ1) is 5.25. The zero-order valence-corrected chi connectivity index (χ0v) is 5.80. The number of rotatable bonds is 3. The topological polar surface area (TPSA) is 68.3 Å². The molecule has 1 aromatic heterocycles. The minimum Gasteiger partial charge on any atom is -0.392 e. The highest BCUT2D eigenvalue weighted by molar-refractivity contribution is 5.20. The fourth-order valence-corrected chi connectivity index (χ4v) is 0.868. The summed E-state index contributed by atoms with van der Waals surface area (Å²) in [5.41, 5.74) is 0. The predicted molar refractivity (Wildman–Crippen MR) is 38.2 cm³/mol. The van der Waals surface area contributed by atoms with Crippen LogP contribution in [-0.2, 0) is 6.54 Å². The lowest BCUT2D eigenvalue weighted by Gasteiger charge is -1.97. The van der Waals surface area contributed by atoms with E-state index in [-0.39, 0.29) is 19.0 Å². The van der Waals surface area contributed by atoms with Crippen LogP contribution in [0.5, 0.6) is 0 Å². The minimum atomic E-state index is -0.477. The third-order valence-electron chi connectivity index (χ3n) is 1.33. The molecule has 11 heavy (non-hydrogen) atoms. The molecule has 1 N–H and O–H groups in total. The van der Waals surface area contributed by atoms with Gasteiger partial charge in [-0.25, -0.2) is 4.57 Å². The van der Waals surface area contributed by atoms with Crippen LogP contribution in [0, 0.1) is 10.1 Å². The van der Waals surface area contributed by atoms with E-state index >= 15 is 0 Å². The minimum absolute atomic E-state index is 0.0130. The second-order valence-corrected chi connectivity index (χ2v) is 2.04. The normalized spacial score (nSPS) is 9.91. The molecule has 60 valence electrons. The summed E-state index contributed by atoms with van der Waals surface area (Å²) in [7, 11) is 0. The van der Waals surface area contributed by atoms with Gasteiger partial charge in [0.15, 0.2) is 0 Å². The Hall–Kier alpha value is -1.36. The van der Waals surface area contributed by atoms with Gasteiger partial charge in [0, 0.05) is 6.07 Å². The number of nitro groups is 1. The molecule has 0 amide bonds. The zero-order valence-electron chi connectivity index (χ0n) is 5.80. The van der Waals surface area contributed by atoms with Crippen molar-refractivity contribution in [3.8, 4) is 0 Å². The van der Waals surface area contributed by atoms with Crippen LogP contribution in [0.1, 0.15) is 0 Å². The molecule has 0 spiro atoms. The van der Waals surface area contributed by atoms with Gasteiger partial charge in [-0.05, 0) is 11.0 Å².